The van der Waals surface area contributed by atoms with E-state index < -0.39 is 17.3 Å². The van der Waals surface area contributed by atoms with Gasteiger partial charge in [-0.05, 0) is 38.0 Å². The van der Waals surface area contributed by atoms with Crippen molar-refractivity contribution in [3.63, 3.8) is 0 Å². The van der Waals surface area contributed by atoms with Crippen LogP contribution in [0.15, 0.2) is 28.7 Å². The monoisotopic (exact) mass is 378 g/mol. The maximum atomic E-state index is 12.2. The van der Waals surface area contributed by atoms with Crippen LogP contribution in [0.3, 0.4) is 0 Å². The summed E-state index contributed by atoms with van der Waals surface area (Å²) in [7, 11) is 0. The number of halogens is 1. The van der Waals surface area contributed by atoms with Crippen molar-refractivity contribution in [2.24, 2.45) is 5.41 Å². The molecule has 8 heteroatoms. The van der Waals surface area contributed by atoms with Crippen molar-refractivity contribution in [2.75, 3.05) is 6.54 Å². The predicted octanol–water partition coefficient (Wildman–Crippen LogP) is 1.93. The first kappa shape index (κ1) is 15.7. The van der Waals surface area contributed by atoms with E-state index >= 15 is 0 Å². The van der Waals surface area contributed by atoms with Gasteiger partial charge in [-0.15, -0.1) is 5.10 Å². The zero-order chi connectivity index (χ0) is 16.6. The Morgan fingerprint density at radius 1 is 1.43 bits per heavy atom. The minimum Gasteiger partial charge on any atom is -0.481 e. The van der Waals surface area contributed by atoms with Crippen molar-refractivity contribution >= 4 is 27.8 Å². The summed E-state index contributed by atoms with van der Waals surface area (Å²) in [5, 5.41) is 19.7. The van der Waals surface area contributed by atoms with E-state index in [0.29, 0.717) is 18.5 Å². The smallest absolute Gasteiger partial charge is 0.311 e. The molecule has 7 nitrogen and oxygen atoms in total. The number of nitrogens with one attached hydrogen (secondary N) is 1. The molecule has 0 atom stereocenters. The molecule has 2 N–H and O–H groups in total. The number of carboxylic acids is 1. The molecule has 120 valence electrons. The van der Waals surface area contributed by atoms with Gasteiger partial charge in [-0.3, -0.25) is 9.59 Å². The third kappa shape index (κ3) is 2.98. The minimum absolute atomic E-state index is 0.115. The molecule has 1 aliphatic rings. The zero-order valence-corrected chi connectivity index (χ0v) is 14.0. The van der Waals surface area contributed by atoms with Crippen LogP contribution in [0.25, 0.3) is 5.69 Å². The molecule has 0 unspecified atom stereocenters. The number of nitrogens with zero attached hydrogens (tertiary/aromatic N) is 3. The molecule has 1 heterocycles. The second-order valence-corrected chi connectivity index (χ2v) is 6.60. The largest absolute Gasteiger partial charge is 0.481 e. The molecule has 3 rings (SSSR count). The molecule has 1 amide bonds. The lowest BCUT2D eigenvalue weighted by Gasteiger charge is -2.10. The van der Waals surface area contributed by atoms with Crippen LogP contribution in [0.5, 0.6) is 0 Å². The second kappa shape index (κ2) is 5.77. The topological polar surface area (TPSA) is 97.1 Å². The van der Waals surface area contributed by atoms with Crippen molar-refractivity contribution in [2.45, 2.75) is 19.8 Å². The highest BCUT2D eigenvalue weighted by atomic mass is 79.9. The molecular weight excluding hydrogens is 364 g/mol. The number of benzene rings is 1. The first-order valence-corrected chi connectivity index (χ1v) is 7.92. The summed E-state index contributed by atoms with van der Waals surface area (Å²) in [6, 6.07) is 7.49. The van der Waals surface area contributed by atoms with Crippen LogP contribution in [-0.4, -0.2) is 38.5 Å². The highest BCUT2D eigenvalue weighted by molar-refractivity contribution is 9.10. The van der Waals surface area contributed by atoms with Gasteiger partial charge in [0.1, 0.15) is 0 Å². The Hall–Kier alpha value is -2.22. The third-order valence-electron chi connectivity index (χ3n) is 4.06. The van der Waals surface area contributed by atoms with Crippen LogP contribution in [0.1, 0.15) is 29.0 Å². The van der Waals surface area contributed by atoms with Gasteiger partial charge >= 0.3 is 5.97 Å². The highest BCUT2D eigenvalue weighted by Crippen LogP contribution is 2.45. The lowest BCUT2D eigenvalue weighted by Crippen LogP contribution is -2.34. The van der Waals surface area contributed by atoms with Gasteiger partial charge in [-0.1, -0.05) is 27.2 Å². The Balaban J connectivity index is 1.76. The number of amides is 1. The van der Waals surface area contributed by atoms with Crippen LogP contribution >= 0.6 is 15.9 Å². The van der Waals surface area contributed by atoms with E-state index in [1.165, 1.54) is 0 Å². The lowest BCUT2D eigenvalue weighted by atomic mass is 10.1. The molecular formula is C15H15BrN4O3. The van der Waals surface area contributed by atoms with Crippen molar-refractivity contribution < 1.29 is 14.7 Å². The lowest BCUT2D eigenvalue weighted by molar-refractivity contribution is -0.143. The summed E-state index contributed by atoms with van der Waals surface area (Å²) in [5.41, 5.74) is 0.781. The molecule has 0 saturated heterocycles. The van der Waals surface area contributed by atoms with E-state index in [0.717, 1.165) is 10.2 Å². The molecule has 2 aromatic rings. The van der Waals surface area contributed by atoms with Gasteiger partial charge in [0.25, 0.3) is 5.91 Å². The molecule has 1 aromatic heterocycles. The van der Waals surface area contributed by atoms with Crippen LogP contribution in [-0.2, 0) is 4.79 Å². The Labute approximate surface area is 140 Å². The number of carboxylic acid groups (broad SMARTS) is 1. The van der Waals surface area contributed by atoms with Gasteiger partial charge < -0.3 is 10.4 Å². The van der Waals surface area contributed by atoms with E-state index in [1.807, 2.05) is 24.3 Å². The highest BCUT2D eigenvalue weighted by Gasteiger charge is 2.50. The average Bonchev–Trinajstić information content (AvgIpc) is 3.21. The summed E-state index contributed by atoms with van der Waals surface area (Å²) in [5.74, 6) is -1.27. The van der Waals surface area contributed by atoms with Crippen LogP contribution in [0.4, 0.5) is 0 Å². The Bertz CT molecular complexity index is 783. The zero-order valence-electron chi connectivity index (χ0n) is 12.4. The standard InChI is InChI=1S/C15H15BrN4O3/c1-9-12(13(21)17-8-15(5-6-15)14(22)23)18-19-20(9)11-4-2-3-10(16)7-11/h2-4,7H,5-6,8H2,1H3,(H,17,21)(H,22,23). The SMILES string of the molecule is Cc1c(C(=O)NCC2(C(=O)O)CC2)nnn1-c1cccc(Br)c1. The normalized spacial score (nSPS) is 15.2. The van der Waals surface area contributed by atoms with Gasteiger partial charge in [0, 0.05) is 11.0 Å². The van der Waals surface area contributed by atoms with Crippen LogP contribution in [0, 0.1) is 12.3 Å². The third-order valence-corrected chi connectivity index (χ3v) is 4.55. The van der Waals surface area contributed by atoms with Gasteiger partial charge in [-0.25, -0.2) is 4.68 Å². The van der Waals surface area contributed by atoms with Gasteiger partial charge in [0.2, 0.25) is 0 Å². The Kier molecular flexibility index (Phi) is 3.93. The molecule has 0 aliphatic heterocycles. The van der Waals surface area contributed by atoms with Crippen molar-refractivity contribution in [3.05, 3.63) is 40.1 Å². The number of aromatic nitrogens is 3. The van der Waals surface area contributed by atoms with Crippen LogP contribution < -0.4 is 5.32 Å². The number of aliphatic carboxylic acids is 1. The minimum atomic E-state index is -0.868. The fraction of sp³-hybridized carbons (Fsp3) is 0.333. The van der Waals surface area contributed by atoms with E-state index in [2.05, 4.69) is 31.6 Å². The summed E-state index contributed by atoms with van der Waals surface area (Å²) in [6.45, 7) is 1.87. The van der Waals surface area contributed by atoms with E-state index in [4.69, 9.17) is 5.11 Å². The van der Waals surface area contributed by atoms with Gasteiger partial charge in [0.05, 0.1) is 16.8 Å². The number of hydrogen-bond donors (Lipinski definition) is 2. The summed E-state index contributed by atoms with van der Waals surface area (Å²) in [4.78, 5) is 23.4. The summed E-state index contributed by atoms with van der Waals surface area (Å²) < 4.78 is 2.47. The Morgan fingerprint density at radius 3 is 2.78 bits per heavy atom. The molecule has 23 heavy (non-hydrogen) atoms. The van der Waals surface area contributed by atoms with Crippen LogP contribution in [0.2, 0.25) is 0 Å². The summed E-state index contributed by atoms with van der Waals surface area (Å²) >= 11 is 3.39. The fourth-order valence-electron chi connectivity index (χ4n) is 2.34. The molecule has 1 saturated carbocycles. The van der Waals surface area contributed by atoms with E-state index in [1.54, 1.807) is 11.6 Å². The quantitative estimate of drug-likeness (QED) is 0.828. The van der Waals surface area contributed by atoms with E-state index in [9.17, 15) is 9.59 Å². The van der Waals surface area contributed by atoms with Gasteiger partial charge in [-0.2, -0.15) is 0 Å². The number of carbonyl (C=O) groups excluding carboxylic acids is 1. The maximum Gasteiger partial charge on any atom is 0.311 e. The maximum absolute atomic E-state index is 12.2. The first-order chi connectivity index (χ1) is 10.9. The molecule has 1 fully saturated rings. The van der Waals surface area contributed by atoms with Crippen molar-refractivity contribution in [1.29, 1.82) is 0 Å². The van der Waals surface area contributed by atoms with Gasteiger partial charge in [0.15, 0.2) is 5.69 Å². The molecule has 1 aliphatic carbocycles. The predicted molar refractivity (Wildman–Crippen MR) is 85.4 cm³/mol. The molecule has 0 bridgehead atoms. The summed E-state index contributed by atoms with van der Waals surface area (Å²) in [6.07, 6.45) is 1.18. The molecule has 0 radical (unpaired) electrons. The second-order valence-electron chi connectivity index (χ2n) is 5.68. The van der Waals surface area contributed by atoms with Crippen molar-refractivity contribution in [1.82, 2.24) is 20.3 Å². The molecule has 1 aromatic carbocycles. The Morgan fingerprint density at radius 2 is 2.17 bits per heavy atom. The fourth-order valence-corrected chi connectivity index (χ4v) is 2.73. The number of hydrogen-bond acceptors (Lipinski definition) is 4. The molecule has 0 spiro atoms. The number of rotatable bonds is 5. The van der Waals surface area contributed by atoms with E-state index in [-0.39, 0.29) is 12.2 Å². The average molecular weight is 379 g/mol. The first-order valence-electron chi connectivity index (χ1n) is 7.13. The number of carbonyl (C=O) groups is 2. The van der Waals surface area contributed by atoms with Crippen molar-refractivity contribution in [3.8, 4) is 5.69 Å².